The fraction of sp³-hybridized carbons (Fsp3) is 0.133. The molecular formula is C15H14N4OS. The number of amides is 1. The number of hydrogen-bond acceptors (Lipinski definition) is 4. The topological polar surface area (TPSA) is 70.7 Å². The molecule has 5 nitrogen and oxygen atoms in total. The van der Waals surface area contributed by atoms with E-state index in [1.165, 1.54) is 11.3 Å². The maximum Gasteiger partial charge on any atom is 0.263 e. The van der Waals surface area contributed by atoms with Crippen LogP contribution < -0.4 is 5.32 Å². The second kappa shape index (κ2) is 5.88. The molecule has 0 atom stereocenters. The highest BCUT2D eigenvalue weighted by atomic mass is 32.1. The van der Waals surface area contributed by atoms with E-state index in [2.05, 4.69) is 20.5 Å². The average molecular weight is 298 g/mol. The molecule has 2 heterocycles. The summed E-state index contributed by atoms with van der Waals surface area (Å²) >= 11 is 1.40. The zero-order chi connectivity index (χ0) is 14.7. The van der Waals surface area contributed by atoms with Gasteiger partial charge in [-0.3, -0.25) is 9.89 Å². The Morgan fingerprint density at radius 2 is 2.10 bits per heavy atom. The molecule has 2 aromatic heterocycles. The predicted octanol–water partition coefficient (Wildman–Crippen LogP) is 2.77. The zero-order valence-electron chi connectivity index (χ0n) is 11.5. The van der Waals surface area contributed by atoms with Gasteiger partial charge >= 0.3 is 0 Å². The van der Waals surface area contributed by atoms with Gasteiger partial charge in [-0.2, -0.15) is 5.10 Å². The van der Waals surface area contributed by atoms with E-state index in [1.807, 2.05) is 37.3 Å². The van der Waals surface area contributed by atoms with Gasteiger partial charge in [0, 0.05) is 12.7 Å². The van der Waals surface area contributed by atoms with Gasteiger partial charge in [0.15, 0.2) is 0 Å². The third-order valence-corrected chi connectivity index (χ3v) is 3.98. The molecule has 0 aliphatic heterocycles. The van der Waals surface area contributed by atoms with Crippen LogP contribution in [0, 0.1) is 6.92 Å². The van der Waals surface area contributed by atoms with E-state index in [0.717, 1.165) is 21.8 Å². The molecule has 0 saturated carbocycles. The van der Waals surface area contributed by atoms with E-state index in [-0.39, 0.29) is 5.91 Å². The second-order valence-electron chi connectivity index (χ2n) is 4.59. The standard InChI is InChI=1S/C15H14N4OS/c1-10-16-9-14(21-10)15(20)17-8-11-2-4-12(5-3-11)13-6-7-18-19-13/h2-7,9H,8H2,1H3,(H,17,20)(H,18,19). The van der Waals surface area contributed by atoms with Gasteiger partial charge in [0.05, 0.1) is 16.9 Å². The van der Waals surface area contributed by atoms with Gasteiger partial charge < -0.3 is 5.32 Å². The fourth-order valence-electron chi connectivity index (χ4n) is 1.95. The lowest BCUT2D eigenvalue weighted by atomic mass is 10.1. The van der Waals surface area contributed by atoms with Crippen LogP contribution in [0.3, 0.4) is 0 Å². The predicted molar refractivity (Wildman–Crippen MR) is 82.0 cm³/mol. The van der Waals surface area contributed by atoms with E-state index in [1.54, 1.807) is 12.4 Å². The Kier molecular flexibility index (Phi) is 3.79. The smallest absolute Gasteiger partial charge is 0.263 e. The quantitative estimate of drug-likeness (QED) is 0.778. The van der Waals surface area contributed by atoms with E-state index in [0.29, 0.717) is 11.4 Å². The molecule has 1 aromatic carbocycles. The minimum atomic E-state index is -0.0850. The molecule has 3 rings (SSSR count). The molecule has 0 fully saturated rings. The Hall–Kier alpha value is -2.47. The van der Waals surface area contributed by atoms with Crippen molar-refractivity contribution in [3.05, 3.63) is 58.2 Å². The number of carbonyl (C=O) groups is 1. The summed E-state index contributed by atoms with van der Waals surface area (Å²) in [6.45, 7) is 2.38. The van der Waals surface area contributed by atoms with E-state index >= 15 is 0 Å². The van der Waals surface area contributed by atoms with Crippen molar-refractivity contribution in [1.82, 2.24) is 20.5 Å². The summed E-state index contributed by atoms with van der Waals surface area (Å²) in [5.74, 6) is -0.0850. The normalized spacial score (nSPS) is 10.5. The summed E-state index contributed by atoms with van der Waals surface area (Å²) in [5, 5.41) is 10.6. The first kappa shape index (κ1) is 13.5. The maximum absolute atomic E-state index is 11.9. The summed E-state index contributed by atoms with van der Waals surface area (Å²) in [4.78, 5) is 16.7. The van der Waals surface area contributed by atoms with Crippen LogP contribution in [0.2, 0.25) is 0 Å². The first-order valence-electron chi connectivity index (χ1n) is 6.52. The number of carbonyl (C=O) groups excluding carboxylic acids is 1. The minimum absolute atomic E-state index is 0.0850. The first-order chi connectivity index (χ1) is 10.2. The maximum atomic E-state index is 11.9. The highest BCUT2D eigenvalue weighted by Crippen LogP contribution is 2.17. The van der Waals surface area contributed by atoms with Crippen LogP contribution in [0.1, 0.15) is 20.2 Å². The van der Waals surface area contributed by atoms with Crippen molar-refractivity contribution >= 4 is 17.2 Å². The molecule has 0 unspecified atom stereocenters. The molecule has 0 spiro atoms. The highest BCUT2D eigenvalue weighted by Gasteiger charge is 2.08. The van der Waals surface area contributed by atoms with Crippen LogP contribution >= 0.6 is 11.3 Å². The number of nitrogens with zero attached hydrogens (tertiary/aromatic N) is 2. The molecule has 0 saturated heterocycles. The van der Waals surface area contributed by atoms with E-state index in [4.69, 9.17) is 0 Å². The third-order valence-electron chi connectivity index (χ3n) is 3.06. The largest absolute Gasteiger partial charge is 0.347 e. The van der Waals surface area contributed by atoms with Crippen LogP contribution in [0.15, 0.2) is 42.7 Å². The zero-order valence-corrected chi connectivity index (χ0v) is 12.3. The van der Waals surface area contributed by atoms with Crippen molar-refractivity contribution in [3.63, 3.8) is 0 Å². The highest BCUT2D eigenvalue weighted by molar-refractivity contribution is 7.13. The molecule has 0 radical (unpaired) electrons. The number of aryl methyl sites for hydroxylation is 1. The van der Waals surface area contributed by atoms with Crippen LogP contribution in [-0.2, 0) is 6.54 Å². The summed E-state index contributed by atoms with van der Waals surface area (Å²) < 4.78 is 0. The van der Waals surface area contributed by atoms with Crippen molar-refractivity contribution in [2.75, 3.05) is 0 Å². The lowest BCUT2D eigenvalue weighted by Gasteiger charge is -2.04. The Bertz CT molecular complexity index is 731. The molecule has 0 aliphatic rings. The molecule has 21 heavy (non-hydrogen) atoms. The summed E-state index contributed by atoms with van der Waals surface area (Å²) in [6, 6.07) is 9.92. The molecule has 0 aliphatic carbocycles. The van der Waals surface area contributed by atoms with Gasteiger partial charge in [0.25, 0.3) is 5.91 Å². The first-order valence-corrected chi connectivity index (χ1v) is 7.33. The number of rotatable bonds is 4. The van der Waals surface area contributed by atoms with Gasteiger partial charge in [-0.05, 0) is 24.1 Å². The third kappa shape index (κ3) is 3.17. The van der Waals surface area contributed by atoms with Gasteiger partial charge in [-0.15, -0.1) is 11.3 Å². The molecule has 2 N–H and O–H groups in total. The minimum Gasteiger partial charge on any atom is -0.347 e. The van der Waals surface area contributed by atoms with Crippen molar-refractivity contribution in [1.29, 1.82) is 0 Å². The van der Waals surface area contributed by atoms with Crippen LogP contribution in [0.5, 0.6) is 0 Å². The van der Waals surface area contributed by atoms with E-state index in [9.17, 15) is 4.79 Å². The SMILES string of the molecule is Cc1ncc(C(=O)NCc2ccc(-c3ccn[nH]3)cc2)s1. The summed E-state index contributed by atoms with van der Waals surface area (Å²) in [7, 11) is 0. The van der Waals surface area contributed by atoms with Gasteiger partial charge in [-0.25, -0.2) is 4.98 Å². The Morgan fingerprint density at radius 3 is 2.71 bits per heavy atom. The number of benzene rings is 1. The Labute approximate surface area is 126 Å². The lowest BCUT2D eigenvalue weighted by Crippen LogP contribution is -2.21. The average Bonchev–Trinajstić information content (AvgIpc) is 3.16. The fourth-order valence-corrected chi connectivity index (χ4v) is 2.65. The van der Waals surface area contributed by atoms with Gasteiger partial charge in [0.1, 0.15) is 4.88 Å². The van der Waals surface area contributed by atoms with Crippen molar-refractivity contribution in [2.24, 2.45) is 0 Å². The molecule has 6 heteroatoms. The second-order valence-corrected chi connectivity index (χ2v) is 5.83. The molecule has 106 valence electrons. The van der Waals surface area contributed by atoms with Crippen molar-refractivity contribution in [2.45, 2.75) is 13.5 Å². The number of hydrogen-bond donors (Lipinski definition) is 2. The number of thiazole rings is 1. The van der Waals surface area contributed by atoms with Crippen LogP contribution in [0.25, 0.3) is 11.3 Å². The van der Waals surface area contributed by atoms with Crippen molar-refractivity contribution in [3.8, 4) is 11.3 Å². The summed E-state index contributed by atoms with van der Waals surface area (Å²) in [6.07, 6.45) is 3.33. The number of aromatic nitrogens is 3. The Morgan fingerprint density at radius 1 is 1.29 bits per heavy atom. The number of aromatic amines is 1. The van der Waals surface area contributed by atoms with Crippen LogP contribution in [-0.4, -0.2) is 21.1 Å². The summed E-state index contributed by atoms with van der Waals surface area (Å²) in [5.41, 5.74) is 3.10. The lowest BCUT2D eigenvalue weighted by molar-refractivity contribution is 0.0955. The van der Waals surface area contributed by atoms with Gasteiger partial charge in [-0.1, -0.05) is 24.3 Å². The Balaban J connectivity index is 1.62. The van der Waals surface area contributed by atoms with Crippen LogP contribution in [0.4, 0.5) is 0 Å². The molecular weight excluding hydrogens is 284 g/mol. The van der Waals surface area contributed by atoms with Gasteiger partial charge in [0.2, 0.25) is 0 Å². The van der Waals surface area contributed by atoms with Crippen molar-refractivity contribution < 1.29 is 4.79 Å². The number of nitrogens with one attached hydrogen (secondary N) is 2. The molecule has 3 aromatic rings. The number of H-pyrrole nitrogens is 1. The molecule has 0 bridgehead atoms. The van der Waals surface area contributed by atoms with E-state index < -0.39 is 0 Å². The monoisotopic (exact) mass is 298 g/mol. The molecule has 1 amide bonds.